The number of halogens is 2. The van der Waals surface area contributed by atoms with Crippen molar-refractivity contribution in [2.24, 2.45) is 5.73 Å². The van der Waals surface area contributed by atoms with Crippen molar-refractivity contribution in [3.8, 4) is 0 Å². The number of hydrogen-bond donors (Lipinski definition) is 1. The summed E-state index contributed by atoms with van der Waals surface area (Å²) in [5.74, 6) is 0. The minimum atomic E-state index is -0.175. The van der Waals surface area contributed by atoms with E-state index in [1.807, 2.05) is 35.1 Å². The van der Waals surface area contributed by atoms with Crippen molar-refractivity contribution in [2.45, 2.75) is 25.9 Å². The molecule has 2 rings (SSSR count). The van der Waals surface area contributed by atoms with Crippen molar-refractivity contribution >= 4 is 31.9 Å². The van der Waals surface area contributed by atoms with Crippen LogP contribution in [0.1, 0.15) is 30.6 Å². The number of benzene rings is 1. The summed E-state index contributed by atoms with van der Waals surface area (Å²) in [7, 11) is 0. The highest BCUT2D eigenvalue weighted by molar-refractivity contribution is 9.10. The molecule has 0 aliphatic carbocycles. The Morgan fingerprint density at radius 1 is 1.39 bits per heavy atom. The highest BCUT2D eigenvalue weighted by Crippen LogP contribution is 2.28. The predicted octanol–water partition coefficient (Wildman–Crippen LogP) is 3.87. The van der Waals surface area contributed by atoms with Crippen molar-refractivity contribution in [3.05, 3.63) is 50.7 Å². The van der Waals surface area contributed by atoms with E-state index in [1.165, 1.54) is 0 Å². The highest BCUT2D eigenvalue weighted by atomic mass is 79.9. The molecule has 2 N–H and O–H groups in total. The van der Waals surface area contributed by atoms with E-state index < -0.39 is 0 Å². The van der Waals surface area contributed by atoms with Crippen molar-refractivity contribution in [3.63, 3.8) is 0 Å². The monoisotopic (exact) mass is 371 g/mol. The second-order valence-corrected chi connectivity index (χ2v) is 5.90. The number of nitrogens with two attached hydrogens (primary N) is 1. The van der Waals surface area contributed by atoms with Crippen LogP contribution in [0.3, 0.4) is 0 Å². The Morgan fingerprint density at radius 3 is 2.83 bits per heavy atom. The zero-order valence-corrected chi connectivity index (χ0v) is 13.3. The van der Waals surface area contributed by atoms with Crippen LogP contribution in [0, 0.1) is 0 Å². The molecule has 1 aromatic heterocycles. The van der Waals surface area contributed by atoms with Gasteiger partial charge < -0.3 is 5.73 Å². The van der Waals surface area contributed by atoms with E-state index in [9.17, 15) is 0 Å². The average Bonchev–Trinajstić information content (AvgIpc) is 2.70. The summed E-state index contributed by atoms with van der Waals surface area (Å²) < 4.78 is 3.96. The molecule has 96 valence electrons. The molecule has 0 bridgehead atoms. The highest BCUT2D eigenvalue weighted by Gasteiger charge is 2.18. The van der Waals surface area contributed by atoms with Gasteiger partial charge >= 0.3 is 0 Å². The SMILES string of the molecule is CCCn1ncc(Br)c1C(N)c1cccc(Br)c1. The first-order valence-corrected chi connectivity index (χ1v) is 7.44. The molecule has 0 aliphatic heterocycles. The molecule has 5 heteroatoms. The van der Waals surface area contributed by atoms with Crippen LogP contribution in [0.25, 0.3) is 0 Å². The second kappa shape index (κ2) is 5.99. The van der Waals surface area contributed by atoms with E-state index in [2.05, 4.69) is 43.9 Å². The summed E-state index contributed by atoms with van der Waals surface area (Å²) in [4.78, 5) is 0. The molecule has 0 amide bonds. The molecule has 0 aliphatic rings. The van der Waals surface area contributed by atoms with Gasteiger partial charge in [-0.15, -0.1) is 0 Å². The molecule has 0 saturated carbocycles. The van der Waals surface area contributed by atoms with Crippen LogP contribution in [0.2, 0.25) is 0 Å². The lowest BCUT2D eigenvalue weighted by Crippen LogP contribution is -2.18. The Morgan fingerprint density at radius 2 is 2.17 bits per heavy atom. The zero-order valence-electron chi connectivity index (χ0n) is 10.1. The topological polar surface area (TPSA) is 43.8 Å². The van der Waals surface area contributed by atoms with Crippen molar-refractivity contribution in [2.75, 3.05) is 0 Å². The van der Waals surface area contributed by atoms with Gasteiger partial charge in [0.15, 0.2) is 0 Å². The van der Waals surface area contributed by atoms with E-state index in [1.54, 1.807) is 0 Å². The van der Waals surface area contributed by atoms with Crippen LogP contribution >= 0.6 is 31.9 Å². The largest absolute Gasteiger partial charge is 0.319 e. The molecular formula is C13H15Br2N3. The van der Waals surface area contributed by atoms with Crippen LogP contribution in [-0.4, -0.2) is 9.78 Å². The molecule has 1 aromatic carbocycles. The summed E-state index contributed by atoms with van der Waals surface area (Å²) in [5, 5.41) is 4.35. The number of aromatic nitrogens is 2. The molecule has 0 spiro atoms. The number of hydrogen-bond acceptors (Lipinski definition) is 2. The van der Waals surface area contributed by atoms with Crippen LogP contribution in [0.15, 0.2) is 39.4 Å². The van der Waals surface area contributed by atoms with Gasteiger partial charge in [0, 0.05) is 11.0 Å². The number of nitrogens with zero attached hydrogens (tertiary/aromatic N) is 2. The summed E-state index contributed by atoms with van der Waals surface area (Å²) in [6, 6.07) is 7.89. The first kappa shape index (κ1) is 13.8. The van der Waals surface area contributed by atoms with Gasteiger partial charge in [0.25, 0.3) is 0 Å². The maximum absolute atomic E-state index is 6.35. The minimum absolute atomic E-state index is 0.175. The van der Waals surface area contributed by atoms with Gasteiger partial charge in [-0.1, -0.05) is 35.0 Å². The maximum atomic E-state index is 6.35. The molecule has 1 unspecified atom stereocenters. The normalized spacial score (nSPS) is 12.7. The second-order valence-electron chi connectivity index (χ2n) is 4.13. The first-order chi connectivity index (χ1) is 8.63. The predicted molar refractivity (Wildman–Crippen MR) is 80.4 cm³/mol. The minimum Gasteiger partial charge on any atom is -0.319 e. The lowest BCUT2D eigenvalue weighted by molar-refractivity contribution is 0.559. The van der Waals surface area contributed by atoms with E-state index in [-0.39, 0.29) is 6.04 Å². The van der Waals surface area contributed by atoms with Gasteiger partial charge in [-0.3, -0.25) is 4.68 Å². The average molecular weight is 373 g/mol. The quantitative estimate of drug-likeness (QED) is 0.885. The Kier molecular flexibility index (Phi) is 4.59. The Labute approximate surface area is 124 Å². The summed E-state index contributed by atoms with van der Waals surface area (Å²) in [6.45, 7) is 3.01. The van der Waals surface area contributed by atoms with Gasteiger partial charge in [0.1, 0.15) is 0 Å². The van der Waals surface area contributed by atoms with Gasteiger partial charge in [0.2, 0.25) is 0 Å². The van der Waals surface area contributed by atoms with Gasteiger partial charge in [-0.2, -0.15) is 5.10 Å². The lowest BCUT2D eigenvalue weighted by Gasteiger charge is -2.15. The van der Waals surface area contributed by atoms with Crippen LogP contribution in [-0.2, 0) is 6.54 Å². The third-order valence-corrected chi connectivity index (χ3v) is 3.88. The lowest BCUT2D eigenvalue weighted by atomic mass is 10.0. The van der Waals surface area contributed by atoms with E-state index in [0.29, 0.717) is 0 Å². The summed E-state index contributed by atoms with van der Waals surface area (Å²) in [6.07, 6.45) is 2.84. The zero-order chi connectivity index (χ0) is 13.1. The summed E-state index contributed by atoms with van der Waals surface area (Å²) in [5.41, 5.74) is 8.45. The number of rotatable bonds is 4. The smallest absolute Gasteiger partial charge is 0.0738 e. The molecule has 3 nitrogen and oxygen atoms in total. The van der Waals surface area contributed by atoms with Crippen LogP contribution in [0.4, 0.5) is 0 Å². The Balaban J connectivity index is 2.39. The molecule has 18 heavy (non-hydrogen) atoms. The Bertz CT molecular complexity index is 537. The standard InChI is InChI=1S/C13H15Br2N3/c1-2-6-18-13(11(15)8-17-18)12(16)9-4-3-5-10(14)7-9/h3-5,7-8,12H,2,6,16H2,1H3. The van der Waals surface area contributed by atoms with Gasteiger partial charge in [0.05, 0.1) is 22.4 Å². The summed E-state index contributed by atoms with van der Waals surface area (Å²) >= 11 is 7.00. The number of aryl methyl sites for hydroxylation is 1. The molecule has 0 saturated heterocycles. The van der Waals surface area contributed by atoms with Crippen LogP contribution < -0.4 is 5.73 Å². The fourth-order valence-corrected chi connectivity index (χ4v) is 2.89. The van der Waals surface area contributed by atoms with Crippen LogP contribution in [0.5, 0.6) is 0 Å². The van der Waals surface area contributed by atoms with Crippen molar-refractivity contribution < 1.29 is 0 Å². The third-order valence-electron chi connectivity index (χ3n) is 2.77. The Hall–Kier alpha value is -0.650. The fraction of sp³-hybridized carbons (Fsp3) is 0.308. The van der Waals surface area contributed by atoms with Crippen molar-refractivity contribution in [1.82, 2.24) is 9.78 Å². The van der Waals surface area contributed by atoms with Crippen molar-refractivity contribution in [1.29, 1.82) is 0 Å². The molecular weight excluding hydrogens is 358 g/mol. The molecule has 0 radical (unpaired) electrons. The van der Waals surface area contributed by atoms with E-state index >= 15 is 0 Å². The van der Waals surface area contributed by atoms with Gasteiger partial charge in [-0.05, 0) is 40.0 Å². The van der Waals surface area contributed by atoms with E-state index in [4.69, 9.17) is 5.73 Å². The maximum Gasteiger partial charge on any atom is 0.0738 e. The molecule has 1 atom stereocenters. The molecule has 0 fully saturated rings. The third kappa shape index (κ3) is 2.84. The van der Waals surface area contributed by atoms with E-state index in [0.717, 1.165) is 33.2 Å². The fourth-order valence-electron chi connectivity index (χ4n) is 1.93. The molecule has 2 aromatic rings. The molecule has 1 heterocycles. The van der Waals surface area contributed by atoms with Gasteiger partial charge in [-0.25, -0.2) is 0 Å². The first-order valence-electron chi connectivity index (χ1n) is 5.85.